The van der Waals surface area contributed by atoms with Crippen molar-refractivity contribution >= 4 is 5.91 Å². The molecule has 0 fully saturated rings. The van der Waals surface area contributed by atoms with Crippen molar-refractivity contribution in [2.45, 2.75) is 6.92 Å². The minimum atomic E-state index is -0.0434. The lowest BCUT2D eigenvalue weighted by molar-refractivity contribution is 0.0700. The Bertz CT molecular complexity index is 376. The molecule has 0 aliphatic heterocycles. The Morgan fingerprint density at radius 3 is 2.76 bits per heavy atom. The molecule has 1 heterocycles. The minimum Gasteiger partial charge on any atom is -0.383 e. The highest BCUT2D eigenvalue weighted by atomic mass is 16.5. The molecule has 1 aromatic heterocycles. The third kappa shape index (κ3) is 3.54. The molecule has 0 bridgehead atoms. The average Bonchev–Trinajstić information content (AvgIpc) is 2.63. The van der Waals surface area contributed by atoms with Gasteiger partial charge in [-0.15, -0.1) is 0 Å². The largest absolute Gasteiger partial charge is 0.383 e. The number of aryl methyl sites for hydroxylation is 2. The first-order valence-corrected chi connectivity index (χ1v) is 5.58. The lowest BCUT2D eigenvalue weighted by Gasteiger charge is -2.21. The Hall–Kier alpha value is -1.40. The van der Waals surface area contributed by atoms with E-state index in [2.05, 4.69) is 5.10 Å². The van der Waals surface area contributed by atoms with Crippen LogP contribution in [0, 0.1) is 6.92 Å². The van der Waals surface area contributed by atoms with Crippen LogP contribution >= 0.6 is 0 Å². The molecule has 0 saturated heterocycles. The summed E-state index contributed by atoms with van der Waals surface area (Å²) in [4.78, 5) is 13.9. The fraction of sp³-hybridized carbons (Fsp3) is 0.636. The maximum atomic E-state index is 12.2. The molecule has 0 atom stereocenters. The number of hydrogen-bond acceptors (Lipinski definition) is 4. The fourth-order valence-corrected chi connectivity index (χ4v) is 1.65. The molecule has 96 valence electrons. The number of methoxy groups -OCH3 is 1. The number of nitrogens with two attached hydrogens (primary N) is 1. The third-order valence-corrected chi connectivity index (χ3v) is 2.50. The molecule has 2 N–H and O–H groups in total. The predicted molar refractivity (Wildman–Crippen MR) is 64.8 cm³/mol. The van der Waals surface area contributed by atoms with Crippen molar-refractivity contribution in [1.29, 1.82) is 0 Å². The molecule has 1 rings (SSSR count). The first-order chi connectivity index (χ1) is 8.10. The van der Waals surface area contributed by atoms with Gasteiger partial charge in [0.05, 0.1) is 17.9 Å². The Morgan fingerprint density at radius 1 is 1.59 bits per heavy atom. The second-order valence-corrected chi connectivity index (χ2v) is 3.88. The van der Waals surface area contributed by atoms with E-state index in [1.807, 2.05) is 6.92 Å². The normalized spacial score (nSPS) is 10.6. The van der Waals surface area contributed by atoms with Gasteiger partial charge in [-0.1, -0.05) is 0 Å². The first-order valence-electron chi connectivity index (χ1n) is 5.58. The van der Waals surface area contributed by atoms with Crippen LogP contribution in [0.3, 0.4) is 0 Å². The van der Waals surface area contributed by atoms with E-state index >= 15 is 0 Å². The molecule has 0 unspecified atom stereocenters. The maximum absolute atomic E-state index is 12.2. The number of amides is 1. The summed E-state index contributed by atoms with van der Waals surface area (Å²) in [5.41, 5.74) is 6.86. The van der Waals surface area contributed by atoms with Crippen molar-refractivity contribution in [3.05, 3.63) is 17.5 Å². The van der Waals surface area contributed by atoms with Gasteiger partial charge in [-0.2, -0.15) is 5.10 Å². The van der Waals surface area contributed by atoms with Crippen molar-refractivity contribution in [2.75, 3.05) is 33.4 Å². The van der Waals surface area contributed by atoms with Gasteiger partial charge in [0.1, 0.15) is 0 Å². The van der Waals surface area contributed by atoms with E-state index in [-0.39, 0.29) is 5.91 Å². The Morgan fingerprint density at radius 2 is 2.29 bits per heavy atom. The SMILES string of the molecule is COCCN(CCN)C(=O)c1cn(C)nc1C. The molecule has 1 amide bonds. The fourth-order valence-electron chi connectivity index (χ4n) is 1.65. The highest BCUT2D eigenvalue weighted by molar-refractivity contribution is 5.95. The maximum Gasteiger partial charge on any atom is 0.257 e. The summed E-state index contributed by atoms with van der Waals surface area (Å²) in [6.45, 7) is 3.83. The zero-order valence-corrected chi connectivity index (χ0v) is 10.6. The quantitative estimate of drug-likeness (QED) is 0.746. The van der Waals surface area contributed by atoms with E-state index in [1.165, 1.54) is 0 Å². The van der Waals surface area contributed by atoms with Gasteiger partial charge < -0.3 is 15.4 Å². The summed E-state index contributed by atoms with van der Waals surface area (Å²) in [5, 5.41) is 4.16. The smallest absolute Gasteiger partial charge is 0.257 e. The molecule has 1 aromatic rings. The van der Waals surface area contributed by atoms with Gasteiger partial charge in [-0.25, -0.2) is 0 Å². The van der Waals surface area contributed by atoms with Crippen molar-refractivity contribution in [3.63, 3.8) is 0 Å². The van der Waals surface area contributed by atoms with Crippen LogP contribution in [0.1, 0.15) is 16.1 Å². The van der Waals surface area contributed by atoms with Gasteiger partial charge in [0.15, 0.2) is 0 Å². The van der Waals surface area contributed by atoms with Crippen LogP contribution in [-0.2, 0) is 11.8 Å². The van der Waals surface area contributed by atoms with Crippen LogP contribution in [0.5, 0.6) is 0 Å². The van der Waals surface area contributed by atoms with Gasteiger partial charge in [-0.05, 0) is 6.92 Å². The van der Waals surface area contributed by atoms with Crippen LogP contribution in [0.25, 0.3) is 0 Å². The van der Waals surface area contributed by atoms with Crippen molar-refractivity contribution in [1.82, 2.24) is 14.7 Å². The van der Waals surface area contributed by atoms with Crippen molar-refractivity contribution in [3.8, 4) is 0 Å². The first kappa shape index (κ1) is 13.7. The lowest BCUT2D eigenvalue weighted by atomic mass is 10.2. The number of hydrogen-bond donors (Lipinski definition) is 1. The monoisotopic (exact) mass is 240 g/mol. The van der Waals surface area contributed by atoms with Gasteiger partial charge in [-0.3, -0.25) is 9.48 Å². The van der Waals surface area contributed by atoms with Crippen molar-refractivity contribution < 1.29 is 9.53 Å². The number of rotatable bonds is 6. The van der Waals surface area contributed by atoms with Crippen LogP contribution in [0.2, 0.25) is 0 Å². The topological polar surface area (TPSA) is 73.4 Å². The second kappa shape index (κ2) is 6.36. The zero-order valence-electron chi connectivity index (χ0n) is 10.6. The molecule has 0 saturated carbocycles. The third-order valence-electron chi connectivity index (χ3n) is 2.50. The average molecular weight is 240 g/mol. The molecule has 0 radical (unpaired) electrons. The van der Waals surface area contributed by atoms with Gasteiger partial charge in [0.25, 0.3) is 5.91 Å². The highest BCUT2D eigenvalue weighted by Gasteiger charge is 2.18. The van der Waals surface area contributed by atoms with Crippen LogP contribution in [0.15, 0.2) is 6.20 Å². The second-order valence-electron chi connectivity index (χ2n) is 3.88. The van der Waals surface area contributed by atoms with Crippen molar-refractivity contribution in [2.24, 2.45) is 12.8 Å². The van der Waals surface area contributed by atoms with E-state index in [0.29, 0.717) is 31.8 Å². The predicted octanol–water partition coefficient (Wildman–Crippen LogP) is -0.224. The van der Waals surface area contributed by atoms with E-state index in [1.54, 1.807) is 29.9 Å². The number of aromatic nitrogens is 2. The molecule has 6 heteroatoms. The molecule has 0 spiro atoms. The highest BCUT2D eigenvalue weighted by Crippen LogP contribution is 2.08. The molecular formula is C11H20N4O2. The molecule has 0 aliphatic carbocycles. The Balaban J connectivity index is 2.79. The van der Waals surface area contributed by atoms with E-state index in [0.717, 1.165) is 5.69 Å². The van der Waals surface area contributed by atoms with E-state index in [4.69, 9.17) is 10.5 Å². The zero-order chi connectivity index (χ0) is 12.8. The van der Waals surface area contributed by atoms with Gasteiger partial charge in [0.2, 0.25) is 0 Å². The van der Waals surface area contributed by atoms with Crippen LogP contribution in [-0.4, -0.2) is 53.9 Å². The lowest BCUT2D eigenvalue weighted by Crippen LogP contribution is -2.37. The molecule has 17 heavy (non-hydrogen) atoms. The molecule has 0 aromatic carbocycles. The standard InChI is InChI=1S/C11H20N4O2/c1-9-10(8-14(2)13-9)11(16)15(5-4-12)6-7-17-3/h8H,4-7,12H2,1-3H3. The summed E-state index contributed by atoms with van der Waals surface area (Å²) in [5.74, 6) is -0.0434. The summed E-state index contributed by atoms with van der Waals surface area (Å²) in [7, 11) is 3.41. The number of nitrogens with zero attached hydrogens (tertiary/aromatic N) is 3. The molecule has 0 aliphatic rings. The van der Waals surface area contributed by atoms with Gasteiger partial charge in [0, 0.05) is 40.0 Å². The van der Waals surface area contributed by atoms with Crippen LogP contribution in [0.4, 0.5) is 0 Å². The molecule has 6 nitrogen and oxygen atoms in total. The summed E-state index contributed by atoms with van der Waals surface area (Å²) in [6.07, 6.45) is 1.73. The van der Waals surface area contributed by atoms with Crippen LogP contribution < -0.4 is 5.73 Å². The summed E-state index contributed by atoms with van der Waals surface area (Å²) >= 11 is 0. The Labute approximate surface area is 101 Å². The number of carbonyl (C=O) groups is 1. The van der Waals surface area contributed by atoms with E-state index in [9.17, 15) is 4.79 Å². The van der Waals surface area contributed by atoms with Gasteiger partial charge >= 0.3 is 0 Å². The minimum absolute atomic E-state index is 0.0434. The van der Waals surface area contributed by atoms with E-state index < -0.39 is 0 Å². The summed E-state index contributed by atoms with van der Waals surface area (Å²) < 4.78 is 6.62. The summed E-state index contributed by atoms with van der Waals surface area (Å²) in [6, 6.07) is 0. The number of ether oxygens (including phenoxy) is 1. The Kier molecular flexibility index (Phi) is 5.11. The number of carbonyl (C=O) groups excluding carboxylic acids is 1. The molecular weight excluding hydrogens is 220 g/mol.